The van der Waals surface area contributed by atoms with Crippen molar-refractivity contribution in [3.05, 3.63) is 35.9 Å². The molecule has 28 heavy (non-hydrogen) atoms. The minimum atomic E-state index is -0.755. The zero-order valence-electron chi connectivity index (χ0n) is 16.7. The predicted octanol–water partition coefficient (Wildman–Crippen LogP) is 1.67. The molecule has 2 N–H and O–H groups in total. The van der Waals surface area contributed by atoms with Crippen molar-refractivity contribution in [2.75, 3.05) is 33.3 Å². The molecule has 2 rings (SSSR count). The molecule has 0 bridgehead atoms. The van der Waals surface area contributed by atoms with Gasteiger partial charge in [-0.25, -0.2) is 15.0 Å². The summed E-state index contributed by atoms with van der Waals surface area (Å²) in [5.74, 6) is -0.387. The number of methoxy groups -OCH3 is 1. The fourth-order valence-electron chi connectivity index (χ4n) is 2.88. The normalized spacial score (nSPS) is 16.1. The molecule has 9 heteroatoms. The molecule has 0 saturated carbocycles. The van der Waals surface area contributed by atoms with E-state index in [9.17, 15) is 14.4 Å². The van der Waals surface area contributed by atoms with Gasteiger partial charge in [0.2, 0.25) is 0 Å². The van der Waals surface area contributed by atoms with Crippen LogP contribution in [-0.4, -0.2) is 66.8 Å². The number of hydrogen-bond acceptors (Lipinski definition) is 6. The van der Waals surface area contributed by atoms with E-state index in [1.54, 1.807) is 4.90 Å². The van der Waals surface area contributed by atoms with Crippen molar-refractivity contribution in [2.24, 2.45) is 0 Å². The van der Waals surface area contributed by atoms with Crippen LogP contribution in [0.25, 0.3) is 0 Å². The van der Waals surface area contributed by atoms with E-state index in [0.717, 1.165) is 5.56 Å². The molecule has 1 heterocycles. The Kier molecular flexibility index (Phi) is 7.22. The van der Waals surface area contributed by atoms with Crippen LogP contribution in [0.1, 0.15) is 32.4 Å². The van der Waals surface area contributed by atoms with Gasteiger partial charge in [-0.2, -0.15) is 0 Å². The summed E-state index contributed by atoms with van der Waals surface area (Å²) in [5.41, 5.74) is 4.82. The van der Waals surface area contributed by atoms with E-state index in [2.05, 4.69) is 15.6 Å². The first-order chi connectivity index (χ1) is 13.2. The second-order valence-corrected chi connectivity index (χ2v) is 7.42. The van der Waals surface area contributed by atoms with Crippen LogP contribution in [0.15, 0.2) is 30.3 Å². The third kappa shape index (κ3) is 6.12. The van der Waals surface area contributed by atoms with Crippen LogP contribution in [0.2, 0.25) is 0 Å². The molecule has 1 unspecified atom stereocenters. The molecule has 1 fully saturated rings. The standard InChI is InChI=1S/C19H28N4O5/c1-19(2,3)28-18(26)23-12-10-22(11-13-23)15(14-8-6-5-7-9-14)16(24)20-21-17(25)27-4/h5-9,15H,10-13H2,1-4H3,(H,20,24)(H,21,25). The van der Waals surface area contributed by atoms with Gasteiger partial charge >= 0.3 is 12.2 Å². The van der Waals surface area contributed by atoms with Gasteiger partial charge in [-0.05, 0) is 26.3 Å². The molecule has 1 aliphatic rings. The first-order valence-corrected chi connectivity index (χ1v) is 9.12. The molecule has 1 aliphatic heterocycles. The van der Waals surface area contributed by atoms with Gasteiger partial charge in [-0.15, -0.1) is 0 Å². The molecule has 9 nitrogen and oxygen atoms in total. The Morgan fingerprint density at radius 1 is 1.00 bits per heavy atom. The third-order valence-electron chi connectivity index (χ3n) is 4.17. The van der Waals surface area contributed by atoms with E-state index in [4.69, 9.17) is 4.74 Å². The summed E-state index contributed by atoms with van der Waals surface area (Å²) in [6.45, 7) is 7.34. The van der Waals surface area contributed by atoms with Crippen LogP contribution in [-0.2, 0) is 14.3 Å². The third-order valence-corrected chi connectivity index (χ3v) is 4.17. The smallest absolute Gasteiger partial charge is 0.425 e. The number of hydrazine groups is 1. The lowest BCUT2D eigenvalue weighted by Gasteiger charge is -2.39. The molecule has 1 aromatic rings. The van der Waals surface area contributed by atoms with Crippen LogP contribution in [0.5, 0.6) is 0 Å². The lowest BCUT2D eigenvalue weighted by molar-refractivity contribution is -0.128. The van der Waals surface area contributed by atoms with Crippen LogP contribution in [0.4, 0.5) is 9.59 Å². The highest BCUT2D eigenvalue weighted by molar-refractivity contribution is 5.84. The Bertz CT molecular complexity index is 681. The number of piperazine rings is 1. The molecule has 3 amide bonds. The van der Waals surface area contributed by atoms with E-state index in [-0.39, 0.29) is 12.0 Å². The summed E-state index contributed by atoms with van der Waals surface area (Å²) in [6.07, 6.45) is -1.12. The van der Waals surface area contributed by atoms with Crippen molar-refractivity contribution in [3.8, 4) is 0 Å². The van der Waals surface area contributed by atoms with Crippen molar-refractivity contribution in [1.82, 2.24) is 20.7 Å². The fraction of sp³-hybridized carbons (Fsp3) is 0.526. The van der Waals surface area contributed by atoms with Crippen LogP contribution in [0.3, 0.4) is 0 Å². The topological polar surface area (TPSA) is 100 Å². The van der Waals surface area contributed by atoms with Gasteiger partial charge in [-0.1, -0.05) is 30.3 Å². The zero-order chi connectivity index (χ0) is 20.7. The average Bonchev–Trinajstić information content (AvgIpc) is 2.66. The van der Waals surface area contributed by atoms with Crippen molar-refractivity contribution in [3.63, 3.8) is 0 Å². The molecule has 0 aliphatic carbocycles. The quantitative estimate of drug-likeness (QED) is 0.759. The maximum atomic E-state index is 12.7. The van der Waals surface area contributed by atoms with E-state index in [1.165, 1.54) is 7.11 Å². The SMILES string of the molecule is COC(=O)NNC(=O)C(c1ccccc1)N1CCN(C(=O)OC(C)(C)C)CC1. The van der Waals surface area contributed by atoms with Gasteiger partial charge in [0.05, 0.1) is 7.11 Å². The van der Waals surface area contributed by atoms with Crippen molar-refractivity contribution in [1.29, 1.82) is 0 Å². The number of nitrogens with one attached hydrogen (secondary N) is 2. The molecule has 154 valence electrons. The monoisotopic (exact) mass is 392 g/mol. The van der Waals surface area contributed by atoms with Gasteiger partial charge < -0.3 is 14.4 Å². The number of benzene rings is 1. The predicted molar refractivity (Wildman–Crippen MR) is 102 cm³/mol. The highest BCUT2D eigenvalue weighted by Gasteiger charge is 2.33. The first kappa shape index (κ1) is 21.5. The summed E-state index contributed by atoms with van der Waals surface area (Å²) in [7, 11) is 1.21. The Balaban J connectivity index is 2.06. The van der Waals surface area contributed by atoms with E-state index >= 15 is 0 Å². The van der Waals surface area contributed by atoms with Crippen LogP contribution >= 0.6 is 0 Å². The van der Waals surface area contributed by atoms with Gasteiger partial charge in [0, 0.05) is 26.2 Å². The second kappa shape index (κ2) is 9.41. The summed E-state index contributed by atoms with van der Waals surface area (Å²) >= 11 is 0. The fourth-order valence-corrected chi connectivity index (χ4v) is 2.88. The Morgan fingerprint density at radius 3 is 2.14 bits per heavy atom. The van der Waals surface area contributed by atoms with Crippen molar-refractivity contribution in [2.45, 2.75) is 32.4 Å². The lowest BCUT2D eigenvalue weighted by Crippen LogP contribution is -2.54. The number of carbonyl (C=O) groups excluding carboxylic acids is 3. The zero-order valence-corrected chi connectivity index (χ0v) is 16.7. The Labute approximate surface area is 164 Å². The number of ether oxygens (including phenoxy) is 2. The molecule has 0 aromatic heterocycles. The molecule has 1 atom stereocenters. The number of amides is 3. The van der Waals surface area contributed by atoms with Gasteiger partial charge in [0.15, 0.2) is 0 Å². The number of hydrogen-bond donors (Lipinski definition) is 2. The van der Waals surface area contributed by atoms with E-state index in [0.29, 0.717) is 26.2 Å². The average molecular weight is 392 g/mol. The number of carbonyl (C=O) groups is 3. The highest BCUT2D eigenvalue weighted by Crippen LogP contribution is 2.23. The molecule has 1 saturated heterocycles. The summed E-state index contributed by atoms with van der Waals surface area (Å²) in [4.78, 5) is 39.8. The molecule has 0 spiro atoms. The molecular weight excluding hydrogens is 364 g/mol. The van der Waals surface area contributed by atoms with E-state index in [1.807, 2.05) is 56.0 Å². The summed E-state index contributed by atoms with van der Waals surface area (Å²) in [5, 5.41) is 0. The van der Waals surface area contributed by atoms with Crippen LogP contribution < -0.4 is 10.9 Å². The summed E-state index contributed by atoms with van der Waals surface area (Å²) in [6, 6.07) is 8.65. The summed E-state index contributed by atoms with van der Waals surface area (Å²) < 4.78 is 9.89. The molecular formula is C19H28N4O5. The Morgan fingerprint density at radius 2 is 1.61 bits per heavy atom. The molecule has 0 radical (unpaired) electrons. The maximum absolute atomic E-state index is 12.7. The first-order valence-electron chi connectivity index (χ1n) is 9.12. The van der Waals surface area contributed by atoms with Crippen molar-refractivity contribution >= 4 is 18.1 Å². The second-order valence-electron chi connectivity index (χ2n) is 7.42. The van der Waals surface area contributed by atoms with Crippen molar-refractivity contribution < 1.29 is 23.9 Å². The number of nitrogens with zero attached hydrogens (tertiary/aromatic N) is 2. The Hall–Kier alpha value is -2.81. The van der Waals surface area contributed by atoms with Crippen LogP contribution in [0, 0.1) is 0 Å². The maximum Gasteiger partial charge on any atom is 0.425 e. The molecule has 1 aromatic carbocycles. The highest BCUT2D eigenvalue weighted by atomic mass is 16.6. The van der Waals surface area contributed by atoms with Gasteiger partial charge in [0.25, 0.3) is 5.91 Å². The van der Waals surface area contributed by atoms with Gasteiger partial charge in [0.1, 0.15) is 11.6 Å². The van der Waals surface area contributed by atoms with E-state index < -0.39 is 17.7 Å². The lowest BCUT2D eigenvalue weighted by atomic mass is 10.0. The number of rotatable bonds is 3. The minimum absolute atomic E-state index is 0.361. The van der Waals surface area contributed by atoms with Gasteiger partial charge in [-0.3, -0.25) is 15.1 Å². The largest absolute Gasteiger partial charge is 0.452 e. The minimum Gasteiger partial charge on any atom is -0.452 e.